The fourth-order valence-electron chi connectivity index (χ4n) is 3.32. The number of rotatable bonds is 1. The molecule has 2 aliphatic carbocycles. The molecule has 0 aromatic rings. The van der Waals surface area contributed by atoms with Crippen LogP contribution in [0.5, 0.6) is 0 Å². The van der Waals surface area contributed by atoms with E-state index in [9.17, 15) is 9.59 Å². The Hall–Kier alpha value is -1.12. The summed E-state index contributed by atoms with van der Waals surface area (Å²) in [5.74, 6) is -0.353. The fraction of sp³-hybridized carbons (Fsp3) is 0.714. The van der Waals surface area contributed by atoms with Crippen LogP contribution in [0.4, 0.5) is 0 Å². The van der Waals surface area contributed by atoms with Crippen molar-refractivity contribution in [2.45, 2.75) is 59.0 Å². The molecule has 0 amide bonds. The summed E-state index contributed by atoms with van der Waals surface area (Å²) >= 11 is 0. The molecule has 0 bridgehead atoms. The Balaban J connectivity index is 2.32. The van der Waals surface area contributed by atoms with E-state index in [0.29, 0.717) is 6.42 Å². The highest BCUT2D eigenvalue weighted by Crippen LogP contribution is 2.49. The number of ketones is 1. The van der Waals surface area contributed by atoms with Gasteiger partial charge in [-0.1, -0.05) is 18.9 Å². The SMILES string of the molecule is CC(=O)OC1C[C@]2(C)CCCCC2=C(C)C1=O. The van der Waals surface area contributed by atoms with Crippen LogP contribution in [-0.4, -0.2) is 17.9 Å². The molecule has 17 heavy (non-hydrogen) atoms. The first-order valence-electron chi connectivity index (χ1n) is 6.36. The van der Waals surface area contributed by atoms with Gasteiger partial charge in [0.1, 0.15) is 0 Å². The number of ether oxygens (including phenoxy) is 1. The lowest BCUT2D eigenvalue weighted by Crippen LogP contribution is -2.41. The van der Waals surface area contributed by atoms with Crippen molar-refractivity contribution in [3.05, 3.63) is 11.1 Å². The second-order valence-electron chi connectivity index (χ2n) is 5.54. The summed E-state index contributed by atoms with van der Waals surface area (Å²) in [5, 5.41) is 0. The number of carbonyl (C=O) groups is 2. The van der Waals surface area contributed by atoms with Gasteiger partial charge in [0, 0.05) is 13.3 Å². The quantitative estimate of drug-likeness (QED) is 0.657. The first-order chi connectivity index (χ1) is 7.94. The van der Waals surface area contributed by atoms with Crippen LogP contribution in [0.1, 0.15) is 52.9 Å². The van der Waals surface area contributed by atoms with Gasteiger partial charge in [0.25, 0.3) is 0 Å². The summed E-state index contributed by atoms with van der Waals surface area (Å²) < 4.78 is 5.17. The fourth-order valence-corrected chi connectivity index (χ4v) is 3.32. The van der Waals surface area contributed by atoms with E-state index in [4.69, 9.17) is 4.74 Å². The van der Waals surface area contributed by atoms with Gasteiger partial charge in [-0.05, 0) is 37.2 Å². The molecule has 3 heteroatoms. The maximum absolute atomic E-state index is 12.1. The number of allylic oxidation sites excluding steroid dienone is 1. The normalized spacial score (nSPS) is 33.4. The molecule has 0 N–H and O–H groups in total. The molecule has 0 saturated heterocycles. The van der Waals surface area contributed by atoms with Crippen molar-refractivity contribution in [3.8, 4) is 0 Å². The molecule has 0 aliphatic heterocycles. The molecule has 2 atom stereocenters. The molecular formula is C14H20O3. The molecule has 0 aromatic heterocycles. The number of carbonyl (C=O) groups excluding carboxylic acids is 2. The average molecular weight is 236 g/mol. The minimum absolute atomic E-state index is 0.00887. The van der Waals surface area contributed by atoms with E-state index in [1.807, 2.05) is 6.92 Å². The summed E-state index contributed by atoms with van der Waals surface area (Å²) in [6.07, 6.45) is 4.62. The van der Waals surface area contributed by atoms with Gasteiger partial charge < -0.3 is 4.74 Å². The number of hydrogen-bond acceptors (Lipinski definition) is 3. The van der Waals surface area contributed by atoms with Crippen molar-refractivity contribution in [1.82, 2.24) is 0 Å². The third kappa shape index (κ3) is 2.15. The molecule has 3 nitrogen and oxygen atoms in total. The Kier molecular flexibility index (Phi) is 3.11. The predicted molar refractivity (Wildman–Crippen MR) is 64.5 cm³/mol. The first-order valence-corrected chi connectivity index (χ1v) is 6.36. The van der Waals surface area contributed by atoms with Crippen molar-refractivity contribution in [2.75, 3.05) is 0 Å². The van der Waals surface area contributed by atoms with Crippen LogP contribution in [-0.2, 0) is 14.3 Å². The number of esters is 1. The second-order valence-corrected chi connectivity index (χ2v) is 5.54. The molecule has 0 spiro atoms. The van der Waals surface area contributed by atoms with E-state index in [-0.39, 0.29) is 17.2 Å². The monoisotopic (exact) mass is 236 g/mol. The van der Waals surface area contributed by atoms with Crippen LogP contribution in [0.15, 0.2) is 11.1 Å². The zero-order valence-corrected chi connectivity index (χ0v) is 10.8. The smallest absolute Gasteiger partial charge is 0.303 e. The van der Waals surface area contributed by atoms with E-state index in [2.05, 4.69) is 6.92 Å². The van der Waals surface area contributed by atoms with Gasteiger partial charge in [-0.2, -0.15) is 0 Å². The number of hydrogen-bond donors (Lipinski definition) is 0. The largest absolute Gasteiger partial charge is 0.454 e. The Bertz CT molecular complexity index is 394. The highest BCUT2D eigenvalue weighted by atomic mass is 16.5. The summed E-state index contributed by atoms with van der Waals surface area (Å²) in [5.41, 5.74) is 2.21. The van der Waals surface area contributed by atoms with Gasteiger partial charge in [0.15, 0.2) is 11.9 Å². The van der Waals surface area contributed by atoms with Gasteiger partial charge in [-0.15, -0.1) is 0 Å². The Morgan fingerprint density at radius 1 is 1.41 bits per heavy atom. The third-order valence-electron chi connectivity index (χ3n) is 4.19. The molecule has 0 radical (unpaired) electrons. The molecule has 0 heterocycles. The average Bonchev–Trinajstić information content (AvgIpc) is 2.24. The summed E-state index contributed by atoms with van der Waals surface area (Å²) in [4.78, 5) is 23.2. The van der Waals surface area contributed by atoms with Gasteiger partial charge in [0.2, 0.25) is 0 Å². The lowest BCUT2D eigenvalue weighted by Gasteiger charge is -2.43. The van der Waals surface area contributed by atoms with Crippen LogP contribution in [0.25, 0.3) is 0 Å². The maximum Gasteiger partial charge on any atom is 0.303 e. The van der Waals surface area contributed by atoms with Crippen molar-refractivity contribution >= 4 is 11.8 Å². The zero-order chi connectivity index (χ0) is 12.6. The van der Waals surface area contributed by atoms with Crippen molar-refractivity contribution in [1.29, 1.82) is 0 Å². The van der Waals surface area contributed by atoms with Crippen molar-refractivity contribution < 1.29 is 14.3 Å². The van der Waals surface area contributed by atoms with Gasteiger partial charge in [-0.25, -0.2) is 0 Å². The minimum Gasteiger partial charge on any atom is -0.454 e. The molecule has 94 valence electrons. The first kappa shape index (κ1) is 12.3. The molecule has 0 aromatic carbocycles. The summed E-state index contributed by atoms with van der Waals surface area (Å²) in [6, 6.07) is 0. The summed E-state index contributed by atoms with van der Waals surface area (Å²) in [6.45, 7) is 5.45. The topological polar surface area (TPSA) is 43.4 Å². The lowest BCUT2D eigenvalue weighted by molar-refractivity contribution is -0.154. The van der Waals surface area contributed by atoms with E-state index >= 15 is 0 Å². The number of Topliss-reactive ketones (excluding diaryl/α,β-unsaturated/α-hetero) is 1. The molecule has 2 aliphatic rings. The highest BCUT2D eigenvalue weighted by molar-refractivity contribution is 6.01. The number of fused-ring (bicyclic) bond motifs is 1. The standard InChI is InChI=1S/C14H20O3/c1-9-11-6-4-5-7-14(11,3)8-12(13(9)16)17-10(2)15/h12H,4-8H2,1-3H3/t12?,14-/m0/s1. The van der Waals surface area contributed by atoms with Gasteiger partial charge in [-0.3, -0.25) is 9.59 Å². The zero-order valence-electron chi connectivity index (χ0n) is 10.8. The van der Waals surface area contributed by atoms with Gasteiger partial charge in [0.05, 0.1) is 0 Å². The Labute approximate surface area is 102 Å². The van der Waals surface area contributed by atoms with Crippen LogP contribution in [0.3, 0.4) is 0 Å². The second kappa shape index (κ2) is 4.28. The highest BCUT2D eigenvalue weighted by Gasteiger charge is 2.43. The van der Waals surface area contributed by atoms with Crippen LogP contribution >= 0.6 is 0 Å². The molecule has 1 fully saturated rings. The third-order valence-corrected chi connectivity index (χ3v) is 4.19. The van der Waals surface area contributed by atoms with Gasteiger partial charge >= 0.3 is 5.97 Å². The van der Waals surface area contributed by atoms with E-state index in [0.717, 1.165) is 18.4 Å². The Morgan fingerprint density at radius 3 is 2.76 bits per heavy atom. The van der Waals surface area contributed by atoms with Crippen LogP contribution in [0, 0.1) is 5.41 Å². The maximum atomic E-state index is 12.1. The van der Waals surface area contributed by atoms with Crippen LogP contribution < -0.4 is 0 Å². The van der Waals surface area contributed by atoms with E-state index in [1.165, 1.54) is 25.3 Å². The lowest BCUT2D eigenvalue weighted by atomic mass is 9.63. The van der Waals surface area contributed by atoms with E-state index < -0.39 is 6.10 Å². The van der Waals surface area contributed by atoms with E-state index in [1.54, 1.807) is 0 Å². The minimum atomic E-state index is -0.556. The summed E-state index contributed by atoms with van der Waals surface area (Å²) in [7, 11) is 0. The molecule has 1 saturated carbocycles. The van der Waals surface area contributed by atoms with Crippen LogP contribution in [0.2, 0.25) is 0 Å². The molecular weight excluding hydrogens is 216 g/mol. The van der Waals surface area contributed by atoms with Crippen molar-refractivity contribution in [2.24, 2.45) is 5.41 Å². The Morgan fingerprint density at radius 2 is 2.12 bits per heavy atom. The predicted octanol–water partition coefficient (Wildman–Crippen LogP) is 2.79. The van der Waals surface area contributed by atoms with Crippen molar-refractivity contribution in [3.63, 3.8) is 0 Å². The molecule has 1 unspecified atom stereocenters. The molecule has 2 rings (SSSR count).